The molecule has 1 saturated heterocycles. The van der Waals surface area contributed by atoms with E-state index >= 15 is 0 Å². The van der Waals surface area contributed by atoms with Crippen molar-refractivity contribution >= 4 is 5.69 Å². The molecule has 23 heavy (non-hydrogen) atoms. The van der Waals surface area contributed by atoms with Crippen LogP contribution in [0, 0.1) is 0 Å². The maximum Gasteiger partial charge on any atom is 0.142 e. The van der Waals surface area contributed by atoms with Crippen LogP contribution in [0.15, 0.2) is 54.6 Å². The highest BCUT2D eigenvalue weighted by Crippen LogP contribution is 2.29. The molecule has 4 nitrogen and oxygen atoms in total. The maximum absolute atomic E-state index is 6.05. The Morgan fingerprint density at radius 1 is 0.957 bits per heavy atom. The van der Waals surface area contributed by atoms with E-state index in [2.05, 4.69) is 52.3 Å². The Kier molecular flexibility index (Phi) is 5.16. The van der Waals surface area contributed by atoms with E-state index in [1.165, 1.54) is 11.3 Å². The summed E-state index contributed by atoms with van der Waals surface area (Å²) in [6.45, 7) is 4.65. The SMILES string of the molecule is COc1ccccc1N1CCN(C(CN)c2ccccc2)CC1. The fourth-order valence-corrected chi connectivity index (χ4v) is 3.34. The van der Waals surface area contributed by atoms with E-state index in [0.717, 1.165) is 31.9 Å². The highest BCUT2D eigenvalue weighted by atomic mass is 16.5. The fourth-order valence-electron chi connectivity index (χ4n) is 3.34. The van der Waals surface area contributed by atoms with Crippen molar-refractivity contribution in [3.8, 4) is 5.75 Å². The molecule has 0 saturated carbocycles. The second-order valence-corrected chi connectivity index (χ2v) is 5.86. The Morgan fingerprint density at radius 2 is 1.61 bits per heavy atom. The molecule has 0 amide bonds. The summed E-state index contributed by atoms with van der Waals surface area (Å²) >= 11 is 0. The second kappa shape index (κ2) is 7.49. The Bertz CT molecular complexity index is 609. The summed E-state index contributed by atoms with van der Waals surface area (Å²) in [5.41, 5.74) is 8.54. The largest absolute Gasteiger partial charge is 0.495 e. The van der Waals surface area contributed by atoms with Crippen LogP contribution in [0.5, 0.6) is 5.75 Å². The van der Waals surface area contributed by atoms with Crippen molar-refractivity contribution in [3.63, 3.8) is 0 Å². The van der Waals surface area contributed by atoms with Gasteiger partial charge >= 0.3 is 0 Å². The minimum absolute atomic E-state index is 0.302. The van der Waals surface area contributed by atoms with E-state index in [1.54, 1.807) is 7.11 Å². The van der Waals surface area contributed by atoms with E-state index in [-0.39, 0.29) is 0 Å². The molecule has 4 heteroatoms. The zero-order valence-corrected chi connectivity index (χ0v) is 13.7. The number of hydrogen-bond donors (Lipinski definition) is 1. The van der Waals surface area contributed by atoms with Gasteiger partial charge < -0.3 is 15.4 Å². The molecular formula is C19H25N3O. The quantitative estimate of drug-likeness (QED) is 0.921. The van der Waals surface area contributed by atoms with Crippen molar-refractivity contribution < 1.29 is 4.74 Å². The van der Waals surface area contributed by atoms with Crippen molar-refractivity contribution in [1.29, 1.82) is 0 Å². The first-order valence-corrected chi connectivity index (χ1v) is 8.20. The van der Waals surface area contributed by atoms with Crippen LogP contribution in [0.2, 0.25) is 0 Å². The van der Waals surface area contributed by atoms with Crippen molar-refractivity contribution in [2.75, 3.05) is 44.7 Å². The first kappa shape index (κ1) is 15.8. The fraction of sp³-hybridized carbons (Fsp3) is 0.368. The number of nitrogens with zero attached hydrogens (tertiary/aromatic N) is 2. The predicted octanol–water partition coefficient (Wildman–Crippen LogP) is 2.52. The van der Waals surface area contributed by atoms with Crippen molar-refractivity contribution in [1.82, 2.24) is 4.90 Å². The normalized spacial score (nSPS) is 17.0. The number of ether oxygens (including phenoxy) is 1. The highest BCUT2D eigenvalue weighted by Gasteiger charge is 2.25. The van der Waals surface area contributed by atoms with Crippen LogP contribution in [-0.2, 0) is 0 Å². The molecule has 1 aliphatic rings. The van der Waals surface area contributed by atoms with Gasteiger partial charge in [0.25, 0.3) is 0 Å². The van der Waals surface area contributed by atoms with Crippen molar-refractivity contribution in [2.45, 2.75) is 6.04 Å². The van der Waals surface area contributed by atoms with Crippen molar-refractivity contribution in [2.24, 2.45) is 5.73 Å². The second-order valence-electron chi connectivity index (χ2n) is 5.86. The Labute approximate surface area is 138 Å². The minimum Gasteiger partial charge on any atom is -0.495 e. The van der Waals surface area contributed by atoms with Gasteiger partial charge in [-0.3, -0.25) is 4.90 Å². The van der Waals surface area contributed by atoms with Crippen LogP contribution in [0.25, 0.3) is 0 Å². The van der Waals surface area contributed by atoms with E-state index in [0.29, 0.717) is 12.6 Å². The number of hydrogen-bond acceptors (Lipinski definition) is 4. The van der Waals surface area contributed by atoms with Gasteiger partial charge in [0.15, 0.2) is 0 Å². The first-order chi connectivity index (χ1) is 11.3. The lowest BCUT2D eigenvalue weighted by Crippen LogP contribution is -2.49. The molecule has 1 atom stereocenters. The van der Waals surface area contributed by atoms with E-state index in [1.807, 2.05) is 12.1 Å². The maximum atomic E-state index is 6.05. The lowest BCUT2D eigenvalue weighted by atomic mass is 10.0. The molecule has 3 rings (SSSR count). The van der Waals surface area contributed by atoms with Crippen LogP contribution in [0.4, 0.5) is 5.69 Å². The Hall–Kier alpha value is -2.04. The van der Waals surface area contributed by atoms with Gasteiger partial charge in [0.2, 0.25) is 0 Å². The van der Waals surface area contributed by atoms with Gasteiger partial charge in [-0.1, -0.05) is 42.5 Å². The smallest absolute Gasteiger partial charge is 0.142 e. The van der Waals surface area contributed by atoms with Crippen LogP contribution in [0.1, 0.15) is 11.6 Å². The van der Waals surface area contributed by atoms with Gasteiger partial charge in [-0.15, -0.1) is 0 Å². The van der Waals surface area contributed by atoms with Gasteiger partial charge in [-0.05, 0) is 17.7 Å². The third kappa shape index (κ3) is 3.49. The standard InChI is InChI=1S/C19H25N3O/c1-23-19-10-6-5-9-17(19)21-11-13-22(14-12-21)18(15-20)16-7-3-2-4-8-16/h2-10,18H,11-15,20H2,1H3. The molecule has 0 aromatic heterocycles. The third-order valence-corrected chi connectivity index (χ3v) is 4.59. The van der Waals surface area contributed by atoms with Crippen LogP contribution >= 0.6 is 0 Å². The van der Waals surface area contributed by atoms with Gasteiger partial charge in [0, 0.05) is 38.8 Å². The monoisotopic (exact) mass is 311 g/mol. The number of nitrogens with two attached hydrogens (primary N) is 1. The summed E-state index contributed by atoms with van der Waals surface area (Å²) in [7, 11) is 1.73. The summed E-state index contributed by atoms with van der Waals surface area (Å²) in [5, 5.41) is 0. The molecule has 1 aliphatic heterocycles. The molecule has 0 spiro atoms. The summed E-state index contributed by atoms with van der Waals surface area (Å²) < 4.78 is 5.49. The third-order valence-electron chi connectivity index (χ3n) is 4.59. The minimum atomic E-state index is 0.302. The van der Waals surface area contributed by atoms with Gasteiger partial charge in [0.05, 0.1) is 12.8 Å². The molecular weight excluding hydrogens is 286 g/mol. The molecule has 1 heterocycles. The number of benzene rings is 2. The van der Waals surface area contributed by atoms with E-state index in [9.17, 15) is 0 Å². The van der Waals surface area contributed by atoms with Crippen molar-refractivity contribution in [3.05, 3.63) is 60.2 Å². The van der Waals surface area contributed by atoms with Crippen LogP contribution in [-0.4, -0.2) is 44.7 Å². The molecule has 0 bridgehead atoms. The number of piperazine rings is 1. The zero-order valence-electron chi connectivity index (χ0n) is 13.7. The molecule has 2 aromatic carbocycles. The Balaban J connectivity index is 1.68. The van der Waals surface area contributed by atoms with Gasteiger partial charge in [0.1, 0.15) is 5.75 Å². The molecule has 1 unspecified atom stereocenters. The van der Waals surface area contributed by atoms with Gasteiger partial charge in [-0.25, -0.2) is 0 Å². The number of anilines is 1. The summed E-state index contributed by atoms with van der Waals surface area (Å²) in [6, 6.07) is 19.1. The lowest BCUT2D eigenvalue weighted by Gasteiger charge is -2.40. The highest BCUT2D eigenvalue weighted by molar-refractivity contribution is 5.58. The number of methoxy groups -OCH3 is 1. The average Bonchev–Trinajstić information content (AvgIpc) is 2.64. The number of para-hydroxylation sites is 2. The lowest BCUT2D eigenvalue weighted by molar-refractivity contribution is 0.190. The zero-order chi connectivity index (χ0) is 16.1. The molecule has 0 aliphatic carbocycles. The molecule has 2 aromatic rings. The predicted molar refractivity (Wildman–Crippen MR) is 95.0 cm³/mol. The topological polar surface area (TPSA) is 41.7 Å². The summed E-state index contributed by atoms with van der Waals surface area (Å²) in [4.78, 5) is 4.88. The van der Waals surface area contributed by atoms with E-state index in [4.69, 9.17) is 10.5 Å². The number of rotatable bonds is 5. The summed E-state index contributed by atoms with van der Waals surface area (Å²) in [6.07, 6.45) is 0. The van der Waals surface area contributed by atoms with Crippen LogP contribution < -0.4 is 15.4 Å². The molecule has 1 fully saturated rings. The Morgan fingerprint density at radius 3 is 2.26 bits per heavy atom. The molecule has 122 valence electrons. The molecule has 2 N–H and O–H groups in total. The average molecular weight is 311 g/mol. The van der Waals surface area contributed by atoms with Crippen LogP contribution in [0.3, 0.4) is 0 Å². The summed E-state index contributed by atoms with van der Waals surface area (Å²) in [5.74, 6) is 0.944. The molecule has 0 radical (unpaired) electrons. The van der Waals surface area contributed by atoms with Gasteiger partial charge in [-0.2, -0.15) is 0 Å². The first-order valence-electron chi connectivity index (χ1n) is 8.20. The van der Waals surface area contributed by atoms with E-state index < -0.39 is 0 Å².